The van der Waals surface area contributed by atoms with Crippen molar-refractivity contribution in [1.82, 2.24) is 9.80 Å². The number of amides is 2. The van der Waals surface area contributed by atoms with Crippen molar-refractivity contribution in [2.45, 2.75) is 27.2 Å². The average Bonchev–Trinajstić information content (AvgIpc) is 2.67. The van der Waals surface area contributed by atoms with Crippen LogP contribution >= 0.6 is 0 Å². The van der Waals surface area contributed by atoms with Gasteiger partial charge in [0.05, 0.1) is 13.0 Å². The second-order valence-electron chi connectivity index (χ2n) is 7.67. The summed E-state index contributed by atoms with van der Waals surface area (Å²) in [4.78, 5) is 28.8. The predicted molar refractivity (Wildman–Crippen MR) is 112 cm³/mol. The summed E-state index contributed by atoms with van der Waals surface area (Å²) < 4.78 is 0. The van der Waals surface area contributed by atoms with Gasteiger partial charge in [-0.1, -0.05) is 35.9 Å². The van der Waals surface area contributed by atoms with Gasteiger partial charge in [0, 0.05) is 31.9 Å². The molecule has 2 aromatic rings. The molecule has 0 bridgehead atoms. The Bertz CT molecular complexity index is 837. The molecule has 1 aliphatic rings. The number of nitrogens with one attached hydrogen (secondary N) is 1. The molecule has 0 aromatic heterocycles. The number of rotatable bonds is 5. The highest BCUT2D eigenvalue weighted by Gasteiger charge is 2.22. The maximum Gasteiger partial charge on any atom is 0.238 e. The van der Waals surface area contributed by atoms with E-state index >= 15 is 0 Å². The van der Waals surface area contributed by atoms with Crippen LogP contribution in [0, 0.1) is 20.8 Å². The number of hydrogen-bond acceptors (Lipinski definition) is 3. The predicted octanol–water partition coefficient (Wildman–Crippen LogP) is 2.94. The third-order valence-electron chi connectivity index (χ3n) is 5.36. The fourth-order valence-electron chi connectivity index (χ4n) is 3.37. The van der Waals surface area contributed by atoms with Crippen LogP contribution in [0.1, 0.15) is 22.3 Å². The Labute approximate surface area is 167 Å². The lowest BCUT2D eigenvalue weighted by atomic mass is 10.1. The highest BCUT2D eigenvalue weighted by molar-refractivity contribution is 5.92. The van der Waals surface area contributed by atoms with Gasteiger partial charge in [-0.25, -0.2) is 0 Å². The van der Waals surface area contributed by atoms with E-state index in [1.54, 1.807) is 0 Å². The number of nitrogens with zero attached hydrogens (tertiary/aromatic N) is 2. The van der Waals surface area contributed by atoms with E-state index in [2.05, 4.69) is 17.1 Å². The fraction of sp³-hybridized carbons (Fsp3) is 0.391. The maximum atomic E-state index is 12.5. The van der Waals surface area contributed by atoms with Crippen LogP contribution in [0.5, 0.6) is 0 Å². The molecular weight excluding hydrogens is 350 g/mol. The first-order valence-electron chi connectivity index (χ1n) is 9.83. The zero-order valence-electron chi connectivity index (χ0n) is 17.0. The summed E-state index contributed by atoms with van der Waals surface area (Å²) in [6.07, 6.45) is 0.438. The number of carbonyl (C=O) groups is 2. The SMILES string of the molecule is Cc1ccc(CC(=O)N2CCN(CC(=O)Nc3ccc(C)c(C)c3)CC2)cc1. The van der Waals surface area contributed by atoms with Gasteiger partial charge < -0.3 is 10.2 Å². The minimum atomic E-state index is -0.0114. The standard InChI is InChI=1S/C23H29N3O2/c1-17-4-7-20(8-5-17)15-23(28)26-12-10-25(11-13-26)16-22(27)24-21-9-6-18(2)19(3)14-21/h4-9,14H,10-13,15-16H2,1-3H3,(H,24,27). The molecule has 1 aliphatic heterocycles. The van der Waals surface area contributed by atoms with Crippen LogP contribution in [0.15, 0.2) is 42.5 Å². The number of carbonyl (C=O) groups excluding carboxylic acids is 2. The van der Waals surface area contributed by atoms with Crippen molar-refractivity contribution in [2.24, 2.45) is 0 Å². The topological polar surface area (TPSA) is 52.7 Å². The second kappa shape index (κ2) is 9.02. The van der Waals surface area contributed by atoms with Crippen LogP contribution in [0.2, 0.25) is 0 Å². The summed E-state index contributed by atoms with van der Waals surface area (Å²) in [6, 6.07) is 14.0. The van der Waals surface area contributed by atoms with Gasteiger partial charge in [-0.15, -0.1) is 0 Å². The molecule has 0 atom stereocenters. The van der Waals surface area contributed by atoms with Gasteiger partial charge in [-0.2, -0.15) is 0 Å². The van der Waals surface area contributed by atoms with E-state index in [4.69, 9.17) is 0 Å². The fourth-order valence-corrected chi connectivity index (χ4v) is 3.37. The normalized spacial score (nSPS) is 14.8. The minimum Gasteiger partial charge on any atom is -0.340 e. The third-order valence-corrected chi connectivity index (χ3v) is 5.36. The summed E-state index contributed by atoms with van der Waals surface area (Å²) in [6.45, 7) is 9.27. The zero-order valence-corrected chi connectivity index (χ0v) is 17.0. The molecule has 0 radical (unpaired) electrons. The molecule has 5 heteroatoms. The van der Waals surface area contributed by atoms with Gasteiger partial charge in [-0.05, 0) is 49.6 Å². The molecular formula is C23H29N3O2. The Morgan fingerprint density at radius 2 is 1.57 bits per heavy atom. The number of anilines is 1. The first kappa shape index (κ1) is 20.1. The number of piperazine rings is 1. The molecule has 28 heavy (non-hydrogen) atoms. The summed E-state index contributed by atoms with van der Waals surface area (Å²) in [5.41, 5.74) is 5.46. The minimum absolute atomic E-state index is 0.0114. The Morgan fingerprint density at radius 1 is 0.893 bits per heavy atom. The van der Waals surface area contributed by atoms with Crippen LogP contribution in [0.4, 0.5) is 5.69 Å². The quantitative estimate of drug-likeness (QED) is 0.869. The van der Waals surface area contributed by atoms with Crippen molar-refractivity contribution in [1.29, 1.82) is 0 Å². The summed E-state index contributed by atoms with van der Waals surface area (Å²) in [5.74, 6) is 0.144. The van der Waals surface area contributed by atoms with Crippen LogP contribution < -0.4 is 5.32 Å². The Balaban J connectivity index is 1.44. The zero-order chi connectivity index (χ0) is 20.1. The molecule has 5 nitrogen and oxygen atoms in total. The Morgan fingerprint density at radius 3 is 2.21 bits per heavy atom. The van der Waals surface area contributed by atoms with Crippen molar-refractivity contribution in [2.75, 3.05) is 38.0 Å². The van der Waals surface area contributed by atoms with Crippen molar-refractivity contribution in [3.63, 3.8) is 0 Å². The monoisotopic (exact) mass is 379 g/mol. The van der Waals surface area contributed by atoms with E-state index in [0.29, 0.717) is 26.1 Å². The molecule has 0 aliphatic carbocycles. The van der Waals surface area contributed by atoms with Gasteiger partial charge in [0.15, 0.2) is 0 Å². The third kappa shape index (κ3) is 5.42. The van der Waals surface area contributed by atoms with E-state index in [1.807, 2.05) is 61.2 Å². The average molecular weight is 380 g/mol. The summed E-state index contributed by atoms with van der Waals surface area (Å²) >= 11 is 0. The maximum absolute atomic E-state index is 12.5. The van der Waals surface area contributed by atoms with E-state index in [1.165, 1.54) is 16.7 Å². The molecule has 1 heterocycles. The van der Waals surface area contributed by atoms with E-state index in [0.717, 1.165) is 24.3 Å². The lowest BCUT2D eigenvalue weighted by Crippen LogP contribution is -2.50. The summed E-state index contributed by atoms with van der Waals surface area (Å²) in [5, 5.41) is 2.97. The Kier molecular flexibility index (Phi) is 6.47. The lowest BCUT2D eigenvalue weighted by molar-refractivity contribution is -0.132. The smallest absolute Gasteiger partial charge is 0.238 e. The van der Waals surface area contributed by atoms with Crippen LogP contribution in [-0.4, -0.2) is 54.3 Å². The van der Waals surface area contributed by atoms with Gasteiger partial charge in [0.1, 0.15) is 0 Å². The van der Waals surface area contributed by atoms with E-state index in [9.17, 15) is 9.59 Å². The molecule has 2 amide bonds. The summed E-state index contributed by atoms with van der Waals surface area (Å²) in [7, 11) is 0. The highest BCUT2D eigenvalue weighted by Crippen LogP contribution is 2.14. The van der Waals surface area contributed by atoms with Crippen molar-refractivity contribution in [3.05, 3.63) is 64.7 Å². The van der Waals surface area contributed by atoms with Crippen LogP contribution in [0.3, 0.4) is 0 Å². The van der Waals surface area contributed by atoms with E-state index in [-0.39, 0.29) is 11.8 Å². The van der Waals surface area contributed by atoms with Crippen LogP contribution in [-0.2, 0) is 16.0 Å². The number of aryl methyl sites for hydroxylation is 3. The van der Waals surface area contributed by atoms with Crippen molar-refractivity contribution < 1.29 is 9.59 Å². The van der Waals surface area contributed by atoms with Crippen LogP contribution in [0.25, 0.3) is 0 Å². The lowest BCUT2D eigenvalue weighted by Gasteiger charge is -2.34. The first-order valence-corrected chi connectivity index (χ1v) is 9.83. The second-order valence-corrected chi connectivity index (χ2v) is 7.67. The molecule has 3 rings (SSSR count). The van der Waals surface area contributed by atoms with Crippen molar-refractivity contribution >= 4 is 17.5 Å². The number of benzene rings is 2. The molecule has 0 unspecified atom stereocenters. The molecule has 1 fully saturated rings. The van der Waals surface area contributed by atoms with E-state index < -0.39 is 0 Å². The van der Waals surface area contributed by atoms with Gasteiger partial charge in [0.2, 0.25) is 11.8 Å². The Hall–Kier alpha value is -2.66. The van der Waals surface area contributed by atoms with Crippen molar-refractivity contribution in [3.8, 4) is 0 Å². The van der Waals surface area contributed by atoms with Gasteiger partial charge >= 0.3 is 0 Å². The molecule has 2 aromatic carbocycles. The molecule has 0 saturated carbocycles. The molecule has 0 spiro atoms. The molecule has 1 saturated heterocycles. The largest absolute Gasteiger partial charge is 0.340 e. The number of hydrogen-bond donors (Lipinski definition) is 1. The highest BCUT2D eigenvalue weighted by atomic mass is 16.2. The van der Waals surface area contributed by atoms with Gasteiger partial charge in [0.25, 0.3) is 0 Å². The molecule has 1 N–H and O–H groups in total. The van der Waals surface area contributed by atoms with Gasteiger partial charge in [-0.3, -0.25) is 14.5 Å². The first-order chi connectivity index (χ1) is 13.4. The molecule has 148 valence electrons.